The van der Waals surface area contributed by atoms with Crippen LogP contribution in [0.2, 0.25) is 5.02 Å². The molecule has 0 saturated carbocycles. The summed E-state index contributed by atoms with van der Waals surface area (Å²) < 4.78 is 0. The van der Waals surface area contributed by atoms with Crippen LogP contribution >= 0.6 is 11.6 Å². The van der Waals surface area contributed by atoms with Crippen molar-refractivity contribution in [2.75, 3.05) is 31.1 Å². The van der Waals surface area contributed by atoms with Crippen molar-refractivity contribution in [2.45, 2.75) is 12.5 Å². The molecule has 0 bridgehead atoms. The second-order valence-corrected chi connectivity index (χ2v) is 5.80. The van der Waals surface area contributed by atoms with Gasteiger partial charge in [-0.3, -0.25) is 14.9 Å². The zero-order valence-electron chi connectivity index (χ0n) is 12.3. The number of urea groups is 1. The smallest absolute Gasteiger partial charge is 0.322 e. The molecule has 3 rings (SSSR count). The third-order valence-electron chi connectivity index (χ3n) is 3.91. The molecule has 9 heteroatoms. The summed E-state index contributed by atoms with van der Waals surface area (Å²) >= 11 is 6.13. The Balaban J connectivity index is 1.54. The highest BCUT2D eigenvalue weighted by Gasteiger charge is 2.33. The van der Waals surface area contributed by atoms with Crippen molar-refractivity contribution in [1.82, 2.24) is 20.5 Å². The average Bonchev–Trinajstić information content (AvgIpc) is 2.85. The van der Waals surface area contributed by atoms with Gasteiger partial charge in [-0.15, -0.1) is 0 Å². The number of halogens is 1. The van der Waals surface area contributed by atoms with Gasteiger partial charge < -0.3 is 15.1 Å². The topological polar surface area (TPSA) is 94.6 Å². The molecule has 0 aliphatic carbocycles. The highest BCUT2D eigenvalue weighted by molar-refractivity contribution is 6.32. The molecule has 0 radical (unpaired) electrons. The van der Waals surface area contributed by atoms with E-state index in [0.717, 1.165) is 0 Å². The molecule has 1 unspecified atom stereocenters. The van der Waals surface area contributed by atoms with Crippen LogP contribution in [0.4, 0.5) is 10.6 Å². The van der Waals surface area contributed by atoms with Crippen LogP contribution in [-0.4, -0.2) is 60.0 Å². The molecule has 0 spiro atoms. The molecular weight excluding hydrogens is 322 g/mol. The van der Waals surface area contributed by atoms with E-state index in [4.69, 9.17) is 11.6 Å². The number of hydrogen-bond donors (Lipinski definition) is 2. The van der Waals surface area contributed by atoms with Crippen molar-refractivity contribution in [3.8, 4) is 0 Å². The third kappa shape index (κ3) is 3.37. The van der Waals surface area contributed by atoms with Gasteiger partial charge in [0.25, 0.3) is 5.91 Å². The van der Waals surface area contributed by atoms with Crippen molar-refractivity contribution in [3.05, 3.63) is 23.4 Å². The Hall–Kier alpha value is -2.35. The number of rotatable bonds is 3. The van der Waals surface area contributed by atoms with E-state index in [-0.39, 0.29) is 12.3 Å². The molecule has 1 aromatic heterocycles. The van der Waals surface area contributed by atoms with Crippen molar-refractivity contribution in [2.24, 2.45) is 0 Å². The summed E-state index contributed by atoms with van der Waals surface area (Å²) in [6.45, 7) is 2.28. The first-order chi connectivity index (χ1) is 11.0. The fourth-order valence-electron chi connectivity index (χ4n) is 2.68. The highest BCUT2D eigenvalue weighted by atomic mass is 35.5. The number of amides is 4. The maximum Gasteiger partial charge on any atom is 0.322 e. The normalized spacial score (nSPS) is 21.2. The molecule has 122 valence electrons. The number of piperazine rings is 1. The van der Waals surface area contributed by atoms with E-state index in [1.807, 2.05) is 4.90 Å². The van der Waals surface area contributed by atoms with Crippen molar-refractivity contribution in [1.29, 1.82) is 0 Å². The standard InChI is InChI=1S/C14H16ClN5O3/c15-9-2-1-3-16-12(9)20-6-4-19(5-7-20)11(21)8-10-13(22)18-14(23)17-10/h1-3,10H,4-8H2,(H2,17,18,22,23). The van der Waals surface area contributed by atoms with Gasteiger partial charge in [-0.2, -0.15) is 0 Å². The monoisotopic (exact) mass is 337 g/mol. The lowest BCUT2D eigenvalue weighted by atomic mass is 10.1. The van der Waals surface area contributed by atoms with E-state index in [9.17, 15) is 14.4 Å². The number of anilines is 1. The first-order valence-electron chi connectivity index (χ1n) is 7.29. The van der Waals surface area contributed by atoms with Crippen LogP contribution in [0.3, 0.4) is 0 Å². The molecule has 1 atom stereocenters. The highest BCUT2D eigenvalue weighted by Crippen LogP contribution is 2.23. The minimum atomic E-state index is -0.779. The number of carbonyl (C=O) groups excluding carboxylic acids is 3. The number of aromatic nitrogens is 1. The molecule has 0 aromatic carbocycles. The summed E-state index contributed by atoms with van der Waals surface area (Å²) in [4.78, 5) is 42.8. The maximum absolute atomic E-state index is 12.3. The first kappa shape index (κ1) is 15.5. The van der Waals surface area contributed by atoms with Gasteiger partial charge in [-0.1, -0.05) is 11.6 Å². The number of nitrogens with one attached hydrogen (secondary N) is 2. The maximum atomic E-state index is 12.3. The quantitative estimate of drug-likeness (QED) is 0.756. The summed E-state index contributed by atoms with van der Waals surface area (Å²) in [5, 5.41) is 5.13. The van der Waals surface area contributed by atoms with E-state index in [1.54, 1.807) is 23.2 Å². The van der Waals surface area contributed by atoms with E-state index in [1.165, 1.54) is 0 Å². The number of hydrogen-bond acceptors (Lipinski definition) is 5. The fourth-order valence-corrected chi connectivity index (χ4v) is 2.93. The average molecular weight is 338 g/mol. The Bertz CT molecular complexity index is 645. The third-order valence-corrected chi connectivity index (χ3v) is 4.20. The van der Waals surface area contributed by atoms with Gasteiger partial charge in [-0.25, -0.2) is 9.78 Å². The van der Waals surface area contributed by atoms with Crippen LogP contribution in [-0.2, 0) is 9.59 Å². The molecule has 4 amide bonds. The molecule has 23 heavy (non-hydrogen) atoms. The summed E-state index contributed by atoms with van der Waals surface area (Å²) in [6, 6.07) is 2.22. The Morgan fingerprint density at radius 2 is 2.04 bits per heavy atom. The Kier molecular flexibility index (Phi) is 4.33. The van der Waals surface area contributed by atoms with Gasteiger partial charge in [0.15, 0.2) is 0 Å². The van der Waals surface area contributed by atoms with Crippen LogP contribution < -0.4 is 15.5 Å². The molecule has 2 aliphatic rings. The first-order valence-corrected chi connectivity index (χ1v) is 7.67. The number of carbonyl (C=O) groups is 3. The zero-order valence-corrected chi connectivity index (χ0v) is 13.0. The lowest BCUT2D eigenvalue weighted by Gasteiger charge is -2.36. The van der Waals surface area contributed by atoms with Gasteiger partial charge >= 0.3 is 6.03 Å². The van der Waals surface area contributed by atoms with Gasteiger partial charge in [0.2, 0.25) is 5.91 Å². The van der Waals surface area contributed by atoms with Crippen LogP contribution in [0.25, 0.3) is 0 Å². The minimum Gasteiger partial charge on any atom is -0.352 e. The van der Waals surface area contributed by atoms with Gasteiger partial charge in [0, 0.05) is 32.4 Å². The molecule has 3 heterocycles. The number of pyridine rings is 1. The molecule has 2 fully saturated rings. The predicted molar refractivity (Wildman–Crippen MR) is 83.1 cm³/mol. The van der Waals surface area contributed by atoms with E-state index in [0.29, 0.717) is 37.0 Å². The zero-order chi connectivity index (χ0) is 16.4. The summed E-state index contributed by atoms with van der Waals surface area (Å²) in [5.41, 5.74) is 0. The molecule has 2 saturated heterocycles. The van der Waals surface area contributed by atoms with Crippen LogP contribution in [0.1, 0.15) is 6.42 Å². The van der Waals surface area contributed by atoms with E-state index >= 15 is 0 Å². The van der Waals surface area contributed by atoms with E-state index in [2.05, 4.69) is 15.6 Å². The van der Waals surface area contributed by atoms with Gasteiger partial charge in [0.05, 0.1) is 11.4 Å². The summed E-state index contributed by atoms with van der Waals surface area (Å²) in [7, 11) is 0. The Labute approximate surface area is 137 Å². The van der Waals surface area contributed by atoms with Crippen molar-refractivity contribution < 1.29 is 14.4 Å². The van der Waals surface area contributed by atoms with Gasteiger partial charge in [0.1, 0.15) is 11.9 Å². The molecule has 2 N–H and O–H groups in total. The molecule has 1 aromatic rings. The predicted octanol–water partition coefficient (Wildman–Crippen LogP) is -0.0183. The molecule has 2 aliphatic heterocycles. The molecular formula is C14H16ClN5O3. The Morgan fingerprint density at radius 3 is 2.65 bits per heavy atom. The Morgan fingerprint density at radius 1 is 1.30 bits per heavy atom. The SMILES string of the molecule is O=C1NC(=O)C(CC(=O)N2CCN(c3ncccc3Cl)CC2)N1. The van der Waals surface area contributed by atoms with Crippen molar-refractivity contribution in [3.63, 3.8) is 0 Å². The summed E-state index contributed by atoms with van der Waals surface area (Å²) in [6.07, 6.45) is 1.65. The second kappa shape index (κ2) is 6.41. The lowest BCUT2D eigenvalue weighted by molar-refractivity contribution is -0.134. The minimum absolute atomic E-state index is 0.0259. The van der Waals surface area contributed by atoms with E-state index < -0.39 is 18.0 Å². The lowest BCUT2D eigenvalue weighted by Crippen LogP contribution is -2.50. The largest absolute Gasteiger partial charge is 0.352 e. The van der Waals surface area contributed by atoms with Crippen molar-refractivity contribution >= 4 is 35.3 Å². The number of imide groups is 1. The molecule has 8 nitrogen and oxygen atoms in total. The summed E-state index contributed by atoms with van der Waals surface area (Å²) in [5.74, 6) is 0.102. The fraction of sp³-hybridized carbons (Fsp3) is 0.429. The van der Waals surface area contributed by atoms with Crippen LogP contribution in [0.5, 0.6) is 0 Å². The second-order valence-electron chi connectivity index (χ2n) is 5.40. The van der Waals surface area contributed by atoms with Crippen LogP contribution in [0, 0.1) is 0 Å². The van der Waals surface area contributed by atoms with Crippen LogP contribution in [0.15, 0.2) is 18.3 Å². The van der Waals surface area contributed by atoms with Gasteiger partial charge in [-0.05, 0) is 12.1 Å². The number of nitrogens with zero attached hydrogens (tertiary/aromatic N) is 3.